The second kappa shape index (κ2) is 3.31. The molecule has 2 nitrogen and oxygen atoms in total. The van der Waals surface area contributed by atoms with Gasteiger partial charge in [-0.2, -0.15) is 0 Å². The number of rotatable bonds is 0. The highest BCUT2D eigenvalue weighted by molar-refractivity contribution is 5.66. The van der Waals surface area contributed by atoms with Gasteiger partial charge in [-0.05, 0) is 24.3 Å². The summed E-state index contributed by atoms with van der Waals surface area (Å²) in [7, 11) is 0. The number of benzene rings is 1. The molecule has 0 unspecified atom stereocenters. The zero-order valence-electron chi connectivity index (χ0n) is 8.26. The Balaban J connectivity index is 2.10. The molecule has 0 saturated heterocycles. The van der Waals surface area contributed by atoms with E-state index in [0.717, 1.165) is 11.3 Å². The number of hydrogen-bond donors (Lipinski definition) is 0. The van der Waals surface area contributed by atoms with E-state index in [9.17, 15) is 0 Å². The van der Waals surface area contributed by atoms with E-state index < -0.39 is 0 Å². The second-order valence-electron chi connectivity index (χ2n) is 3.55. The monoisotopic (exact) mass is 197 g/mol. The van der Waals surface area contributed by atoms with Gasteiger partial charge in [-0.1, -0.05) is 18.2 Å². The van der Waals surface area contributed by atoms with Gasteiger partial charge in [-0.3, -0.25) is 0 Å². The van der Waals surface area contributed by atoms with Crippen LogP contribution in [0.25, 0.3) is 12.3 Å². The van der Waals surface area contributed by atoms with E-state index in [1.807, 2.05) is 30.5 Å². The molecule has 1 aromatic heterocycles. The van der Waals surface area contributed by atoms with E-state index in [4.69, 9.17) is 4.74 Å². The standard InChI is InChI=1S/C13H11NO/c1-2-6-13-11(4-1)7-9-14-8-3-5-12(14)10-15-13/h1-9H,10H2. The summed E-state index contributed by atoms with van der Waals surface area (Å²) >= 11 is 0. The van der Waals surface area contributed by atoms with E-state index >= 15 is 0 Å². The highest BCUT2D eigenvalue weighted by Crippen LogP contribution is 2.23. The van der Waals surface area contributed by atoms with Crippen LogP contribution in [-0.2, 0) is 6.61 Å². The Morgan fingerprint density at radius 3 is 3.00 bits per heavy atom. The van der Waals surface area contributed by atoms with E-state index in [0.29, 0.717) is 6.61 Å². The molecule has 0 aliphatic carbocycles. The van der Waals surface area contributed by atoms with E-state index in [1.165, 1.54) is 5.69 Å². The van der Waals surface area contributed by atoms with Crippen LogP contribution in [0.5, 0.6) is 5.75 Å². The van der Waals surface area contributed by atoms with Crippen molar-refractivity contribution in [2.24, 2.45) is 0 Å². The summed E-state index contributed by atoms with van der Waals surface area (Å²) in [4.78, 5) is 0. The molecule has 1 aromatic carbocycles. The van der Waals surface area contributed by atoms with Crippen LogP contribution in [-0.4, -0.2) is 4.57 Å². The third-order valence-corrected chi connectivity index (χ3v) is 2.58. The van der Waals surface area contributed by atoms with Crippen LogP contribution in [0, 0.1) is 0 Å². The third-order valence-electron chi connectivity index (χ3n) is 2.58. The maximum atomic E-state index is 5.74. The Kier molecular flexibility index (Phi) is 1.85. The molecule has 0 saturated carbocycles. The van der Waals surface area contributed by atoms with Gasteiger partial charge in [0.1, 0.15) is 12.4 Å². The van der Waals surface area contributed by atoms with Gasteiger partial charge in [0.05, 0.1) is 5.69 Å². The molecule has 74 valence electrons. The summed E-state index contributed by atoms with van der Waals surface area (Å²) in [6.07, 6.45) is 6.16. The number of aromatic nitrogens is 1. The van der Waals surface area contributed by atoms with Crippen LogP contribution in [0.1, 0.15) is 11.3 Å². The molecular formula is C13H11NO. The van der Waals surface area contributed by atoms with Gasteiger partial charge in [-0.25, -0.2) is 0 Å². The molecule has 0 fully saturated rings. The van der Waals surface area contributed by atoms with Crippen LogP contribution >= 0.6 is 0 Å². The number of nitrogens with zero attached hydrogens (tertiary/aromatic N) is 1. The minimum Gasteiger partial charge on any atom is -0.487 e. The Labute approximate surface area is 88.4 Å². The summed E-state index contributed by atoms with van der Waals surface area (Å²) in [5.41, 5.74) is 2.29. The maximum absolute atomic E-state index is 5.74. The van der Waals surface area contributed by atoms with Crippen LogP contribution in [0.2, 0.25) is 0 Å². The first kappa shape index (κ1) is 8.36. The predicted molar refractivity (Wildman–Crippen MR) is 60.4 cm³/mol. The summed E-state index contributed by atoms with van der Waals surface area (Å²) < 4.78 is 7.82. The lowest BCUT2D eigenvalue weighted by Crippen LogP contribution is -2.03. The molecular weight excluding hydrogens is 186 g/mol. The van der Waals surface area contributed by atoms with Crippen molar-refractivity contribution < 1.29 is 4.74 Å². The predicted octanol–water partition coefficient (Wildman–Crippen LogP) is 3.01. The lowest BCUT2D eigenvalue weighted by molar-refractivity contribution is 0.298. The third kappa shape index (κ3) is 1.44. The molecule has 15 heavy (non-hydrogen) atoms. The van der Waals surface area contributed by atoms with E-state index in [2.05, 4.69) is 29.0 Å². The first-order chi connectivity index (χ1) is 7.43. The molecule has 0 spiro atoms. The molecule has 0 atom stereocenters. The Morgan fingerprint density at radius 2 is 2.00 bits per heavy atom. The molecule has 1 aliphatic rings. The van der Waals surface area contributed by atoms with Crippen LogP contribution in [0.3, 0.4) is 0 Å². The van der Waals surface area contributed by atoms with Gasteiger partial charge in [0.25, 0.3) is 0 Å². The first-order valence-corrected chi connectivity index (χ1v) is 4.99. The van der Waals surface area contributed by atoms with Crippen molar-refractivity contribution in [2.45, 2.75) is 6.61 Å². The fourth-order valence-corrected chi connectivity index (χ4v) is 1.76. The molecule has 3 rings (SSSR count). The normalized spacial score (nSPS) is 13.3. The average molecular weight is 197 g/mol. The van der Waals surface area contributed by atoms with E-state index in [-0.39, 0.29) is 0 Å². The van der Waals surface area contributed by atoms with Crippen molar-refractivity contribution in [3.05, 3.63) is 53.9 Å². The summed E-state index contributed by atoms with van der Waals surface area (Å²) in [5, 5.41) is 0. The first-order valence-electron chi connectivity index (χ1n) is 4.99. The minimum absolute atomic E-state index is 0.619. The Hall–Kier alpha value is -1.96. The van der Waals surface area contributed by atoms with E-state index in [1.54, 1.807) is 0 Å². The highest BCUT2D eigenvalue weighted by Gasteiger charge is 2.05. The average Bonchev–Trinajstić information content (AvgIpc) is 2.68. The Morgan fingerprint density at radius 1 is 1.07 bits per heavy atom. The van der Waals surface area contributed by atoms with Crippen molar-refractivity contribution in [3.8, 4) is 5.75 Å². The van der Waals surface area contributed by atoms with Crippen LogP contribution < -0.4 is 4.74 Å². The fraction of sp³-hybridized carbons (Fsp3) is 0.0769. The Bertz CT molecular complexity index is 511. The summed E-state index contributed by atoms with van der Waals surface area (Å²) in [6.45, 7) is 0.619. The minimum atomic E-state index is 0.619. The van der Waals surface area contributed by atoms with Gasteiger partial charge in [0, 0.05) is 18.0 Å². The van der Waals surface area contributed by atoms with Crippen molar-refractivity contribution in [2.75, 3.05) is 0 Å². The van der Waals surface area contributed by atoms with Crippen molar-refractivity contribution >= 4 is 12.3 Å². The van der Waals surface area contributed by atoms with Crippen molar-refractivity contribution in [3.63, 3.8) is 0 Å². The van der Waals surface area contributed by atoms with Gasteiger partial charge >= 0.3 is 0 Å². The molecule has 0 amide bonds. The summed E-state index contributed by atoms with van der Waals surface area (Å²) in [6, 6.07) is 12.2. The molecule has 0 N–H and O–H groups in total. The number of para-hydroxylation sites is 1. The fourth-order valence-electron chi connectivity index (χ4n) is 1.76. The largest absolute Gasteiger partial charge is 0.487 e. The molecule has 0 radical (unpaired) electrons. The molecule has 2 heteroatoms. The van der Waals surface area contributed by atoms with Crippen LogP contribution in [0.4, 0.5) is 0 Å². The SMILES string of the molecule is C1=Cn2cccc2COc2ccccc21. The molecule has 1 aliphatic heterocycles. The molecule has 2 heterocycles. The van der Waals surface area contributed by atoms with Gasteiger partial charge in [0.15, 0.2) is 0 Å². The number of hydrogen-bond acceptors (Lipinski definition) is 1. The summed E-state index contributed by atoms with van der Waals surface area (Å²) in [5.74, 6) is 0.946. The molecule has 0 bridgehead atoms. The number of ether oxygens (including phenoxy) is 1. The topological polar surface area (TPSA) is 14.2 Å². The quantitative estimate of drug-likeness (QED) is 0.633. The smallest absolute Gasteiger partial charge is 0.129 e. The molecule has 2 aromatic rings. The van der Waals surface area contributed by atoms with Gasteiger partial charge in [0.2, 0.25) is 0 Å². The second-order valence-corrected chi connectivity index (χ2v) is 3.55. The van der Waals surface area contributed by atoms with Crippen molar-refractivity contribution in [1.29, 1.82) is 0 Å². The number of fused-ring (bicyclic) bond motifs is 2. The van der Waals surface area contributed by atoms with Gasteiger partial charge in [-0.15, -0.1) is 0 Å². The van der Waals surface area contributed by atoms with Crippen molar-refractivity contribution in [1.82, 2.24) is 4.57 Å². The highest BCUT2D eigenvalue weighted by atomic mass is 16.5. The maximum Gasteiger partial charge on any atom is 0.129 e. The lowest BCUT2D eigenvalue weighted by Gasteiger charge is -2.13. The van der Waals surface area contributed by atoms with Crippen LogP contribution in [0.15, 0.2) is 42.6 Å². The zero-order valence-corrected chi connectivity index (χ0v) is 8.26. The lowest BCUT2D eigenvalue weighted by atomic mass is 10.2. The zero-order chi connectivity index (χ0) is 10.1. The van der Waals surface area contributed by atoms with Gasteiger partial charge < -0.3 is 9.30 Å².